The van der Waals surface area contributed by atoms with Crippen molar-refractivity contribution in [3.63, 3.8) is 0 Å². The minimum Gasteiger partial charge on any atom is -0.517 e. The molecule has 0 aromatic heterocycles. The van der Waals surface area contributed by atoms with Crippen LogP contribution in [0.15, 0.2) is 36.4 Å². The monoisotopic (exact) mass is 458 g/mol. The molecule has 23 heavy (non-hydrogen) atoms. The Morgan fingerprint density at radius 2 is 1.43 bits per heavy atom. The summed E-state index contributed by atoms with van der Waals surface area (Å²) >= 11 is 0. The van der Waals surface area contributed by atoms with Crippen LogP contribution >= 0.6 is 0 Å². The predicted molar refractivity (Wildman–Crippen MR) is 82.8 cm³/mol. The van der Waals surface area contributed by atoms with E-state index in [1.54, 1.807) is 0 Å². The maximum Gasteiger partial charge on any atom is 0.0921 e. The van der Waals surface area contributed by atoms with Crippen LogP contribution in [-0.4, -0.2) is 12.2 Å². The van der Waals surface area contributed by atoms with Crippen molar-refractivity contribution < 1.29 is 74.9 Å². The van der Waals surface area contributed by atoms with Gasteiger partial charge in [0, 0.05) is 76.9 Å². The van der Waals surface area contributed by atoms with E-state index in [9.17, 15) is 0 Å². The van der Waals surface area contributed by atoms with Crippen LogP contribution in [0, 0.1) is 12.1 Å². The molecule has 0 N–H and O–H groups in total. The summed E-state index contributed by atoms with van der Waals surface area (Å²) in [6, 6.07) is 18.2. The van der Waals surface area contributed by atoms with Crippen LogP contribution in [0.1, 0.15) is 31.4 Å². The first-order valence-corrected chi connectivity index (χ1v) is 7.55. The molecule has 0 saturated carbocycles. The topological polar surface area (TPSA) is 18.5 Å². The van der Waals surface area contributed by atoms with E-state index in [-0.39, 0.29) is 65.4 Å². The minimum absolute atomic E-state index is 0. The van der Waals surface area contributed by atoms with Gasteiger partial charge in [-0.3, -0.25) is 0 Å². The Kier molecular flexibility index (Phi) is 9.52. The Balaban J connectivity index is 0.000000212. The molecular formula is C19H20O2Y2-2. The van der Waals surface area contributed by atoms with Gasteiger partial charge in [0.2, 0.25) is 0 Å². The van der Waals surface area contributed by atoms with Gasteiger partial charge in [0.25, 0.3) is 0 Å². The molecule has 2 aromatic carbocycles. The number of rotatable bonds is 0. The third-order valence-corrected chi connectivity index (χ3v) is 3.77. The van der Waals surface area contributed by atoms with Gasteiger partial charge in [0.1, 0.15) is 0 Å². The fourth-order valence-corrected chi connectivity index (χ4v) is 2.66. The van der Waals surface area contributed by atoms with Gasteiger partial charge in [-0.05, 0) is 26.7 Å². The van der Waals surface area contributed by atoms with Gasteiger partial charge < -0.3 is 9.47 Å². The van der Waals surface area contributed by atoms with E-state index >= 15 is 0 Å². The van der Waals surface area contributed by atoms with E-state index in [1.807, 2.05) is 24.3 Å². The zero-order chi connectivity index (χ0) is 14.7. The molecule has 4 heteroatoms. The van der Waals surface area contributed by atoms with E-state index in [1.165, 1.54) is 11.1 Å². The average Bonchev–Trinajstić information content (AvgIpc) is 2.88. The van der Waals surface area contributed by atoms with Crippen LogP contribution in [0.25, 0.3) is 0 Å². The van der Waals surface area contributed by atoms with Crippen LogP contribution in [0.4, 0.5) is 0 Å². The third-order valence-electron chi connectivity index (χ3n) is 3.77. The molecule has 2 aliphatic rings. The van der Waals surface area contributed by atoms with Gasteiger partial charge in [-0.1, -0.05) is 6.42 Å². The van der Waals surface area contributed by atoms with Crippen molar-refractivity contribution in [3.05, 3.63) is 59.7 Å². The number of hydrogen-bond acceptors (Lipinski definition) is 2. The van der Waals surface area contributed by atoms with Crippen molar-refractivity contribution in [3.8, 4) is 11.5 Å². The maximum absolute atomic E-state index is 5.58. The van der Waals surface area contributed by atoms with Crippen molar-refractivity contribution in [1.82, 2.24) is 0 Å². The second kappa shape index (κ2) is 10.3. The van der Waals surface area contributed by atoms with Crippen LogP contribution in [0.5, 0.6) is 11.5 Å². The first-order valence-electron chi connectivity index (χ1n) is 7.55. The van der Waals surface area contributed by atoms with Gasteiger partial charge in [-0.15, -0.1) is 23.3 Å². The van der Waals surface area contributed by atoms with E-state index in [0.29, 0.717) is 12.2 Å². The van der Waals surface area contributed by atoms with Gasteiger partial charge in [-0.25, -0.2) is 0 Å². The second-order valence-corrected chi connectivity index (χ2v) is 5.65. The Bertz CT molecular complexity index is 591. The van der Waals surface area contributed by atoms with Crippen LogP contribution in [-0.2, 0) is 78.3 Å². The SMILES string of the molecule is CC1CCc2ccc[c-]c2O1.CC1Cc2ccc[c-]c2O1.[Y].[Y]. The summed E-state index contributed by atoms with van der Waals surface area (Å²) in [6.45, 7) is 4.18. The molecule has 116 valence electrons. The van der Waals surface area contributed by atoms with E-state index in [4.69, 9.17) is 9.47 Å². The van der Waals surface area contributed by atoms with E-state index in [0.717, 1.165) is 30.8 Å². The zero-order valence-corrected chi connectivity index (χ0v) is 19.4. The molecule has 4 rings (SSSR count). The van der Waals surface area contributed by atoms with Gasteiger partial charge in [-0.2, -0.15) is 36.4 Å². The molecule has 0 saturated heterocycles. The van der Waals surface area contributed by atoms with Crippen LogP contribution < -0.4 is 9.47 Å². The molecule has 2 radical (unpaired) electrons. The molecule has 2 aromatic rings. The smallest absolute Gasteiger partial charge is 0.0921 e. The summed E-state index contributed by atoms with van der Waals surface area (Å²) < 4.78 is 11.0. The Morgan fingerprint density at radius 3 is 2.09 bits per heavy atom. The molecule has 0 amide bonds. The number of hydrogen-bond donors (Lipinski definition) is 0. The fraction of sp³-hybridized carbons (Fsp3) is 0.368. The summed E-state index contributed by atoms with van der Waals surface area (Å²) in [5.41, 5.74) is 2.58. The molecule has 0 spiro atoms. The number of aryl methyl sites for hydroxylation is 1. The third kappa shape index (κ3) is 5.92. The molecule has 0 aliphatic carbocycles. The summed E-state index contributed by atoms with van der Waals surface area (Å²) in [7, 11) is 0. The van der Waals surface area contributed by atoms with Gasteiger partial charge in [0.05, 0.1) is 12.2 Å². The minimum atomic E-state index is 0. The molecule has 2 unspecified atom stereocenters. The van der Waals surface area contributed by atoms with Crippen molar-refractivity contribution in [2.45, 2.75) is 45.3 Å². The maximum atomic E-state index is 5.58. The predicted octanol–water partition coefficient (Wildman–Crippen LogP) is 4.01. The standard InChI is InChI=1S/C10H11O.C9H9O.2Y/c1-8-6-7-9-4-2-3-5-10(9)11-8;1-7-6-8-4-2-3-5-9(8)10-7;;/h2-4,8H,6-7H2,1H3;2-4,7H,6H2,1H3;;/q2*-1;;. The Hall–Kier alpha value is 0.248. The van der Waals surface area contributed by atoms with E-state index < -0.39 is 0 Å². The number of benzene rings is 2. The van der Waals surface area contributed by atoms with Crippen molar-refractivity contribution in [2.75, 3.05) is 0 Å². The Labute approximate surface area is 189 Å². The molecule has 2 nitrogen and oxygen atoms in total. The molecule has 2 atom stereocenters. The summed E-state index contributed by atoms with van der Waals surface area (Å²) in [5, 5.41) is 0. The van der Waals surface area contributed by atoms with Crippen LogP contribution in [0.3, 0.4) is 0 Å². The largest absolute Gasteiger partial charge is 0.517 e. The van der Waals surface area contributed by atoms with Crippen molar-refractivity contribution in [1.29, 1.82) is 0 Å². The summed E-state index contributed by atoms with van der Waals surface area (Å²) in [6.07, 6.45) is 4.00. The average molecular weight is 458 g/mol. The first-order chi connectivity index (χ1) is 10.2. The zero-order valence-electron chi connectivity index (χ0n) is 13.7. The number of ether oxygens (including phenoxy) is 2. The molecule has 2 heterocycles. The van der Waals surface area contributed by atoms with Gasteiger partial charge in [0.15, 0.2) is 0 Å². The molecular weight excluding hydrogens is 438 g/mol. The fourth-order valence-electron chi connectivity index (χ4n) is 2.66. The van der Waals surface area contributed by atoms with E-state index in [2.05, 4.69) is 38.1 Å². The van der Waals surface area contributed by atoms with Crippen LogP contribution in [0.2, 0.25) is 0 Å². The summed E-state index contributed by atoms with van der Waals surface area (Å²) in [5.74, 6) is 1.89. The van der Waals surface area contributed by atoms with Crippen molar-refractivity contribution >= 4 is 0 Å². The molecule has 0 bridgehead atoms. The normalized spacial score (nSPS) is 20.1. The molecule has 2 aliphatic heterocycles. The molecule has 0 fully saturated rings. The first kappa shape index (κ1) is 21.3. The summed E-state index contributed by atoms with van der Waals surface area (Å²) in [4.78, 5) is 0. The number of fused-ring (bicyclic) bond motifs is 2. The second-order valence-electron chi connectivity index (χ2n) is 5.65. The Morgan fingerprint density at radius 1 is 0.870 bits per heavy atom. The quantitative estimate of drug-likeness (QED) is 0.556. The van der Waals surface area contributed by atoms with Crippen molar-refractivity contribution in [2.24, 2.45) is 0 Å². The number of para-hydroxylation sites is 2. The van der Waals surface area contributed by atoms with Gasteiger partial charge >= 0.3 is 0 Å².